The van der Waals surface area contributed by atoms with Crippen LogP contribution in [0, 0.1) is 6.92 Å². The smallest absolute Gasteiger partial charge is 0.274 e. The first kappa shape index (κ1) is 15.5. The van der Waals surface area contributed by atoms with Gasteiger partial charge < -0.3 is 9.47 Å². The van der Waals surface area contributed by atoms with Gasteiger partial charge in [0.25, 0.3) is 5.56 Å². The van der Waals surface area contributed by atoms with Crippen LogP contribution < -0.4 is 20.5 Å². The maximum absolute atomic E-state index is 11.4. The zero-order chi connectivity index (χ0) is 16.1. The molecular weight excluding hydrogens is 286 g/mol. The van der Waals surface area contributed by atoms with Crippen molar-refractivity contribution >= 4 is 11.7 Å². The molecule has 116 valence electrons. The van der Waals surface area contributed by atoms with Gasteiger partial charge in [0.2, 0.25) is 5.95 Å². The molecule has 0 spiro atoms. The number of hydrazone groups is 1. The number of ether oxygens (including phenoxy) is 2. The van der Waals surface area contributed by atoms with E-state index in [0.717, 1.165) is 5.56 Å². The van der Waals surface area contributed by atoms with Crippen molar-refractivity contribution in [3.05, 3.63) is 39.8 Å². The minimum atomic E-state index is -0.309. The van der Waals surface area contributed by atoms with Crippen molar-refractivity contribution in [2.45, 2.75) is 13.8 Å². The second-order valence-electron chi connectivity index (χ2n) is 4.47. The van der Waals surface area contributed by atoms with Crippen molar-refractivity contribution in [1.29, 1.82) is 0 Å². The number of methoxy groups -OCH3 is 2. The van der Waals surface area contributed by atoms with E-state index in [0.29, 0.717) is 22.9 Å². The van der Waals surface area contributed by atoms with Crippen LogP contribution >= 0.6 is 0 Å². The Morgan fingerprint density at radius 2 is 1.95 bits per heavy atom. The van der Waals surface area contributed by atoms with E-state index in [9.17, 15) is 4.79 Å². The summed E-state index contributed by atoms with van der Waals surface area (Å²) >= 11 is 0. The Bertz CT molecular complexity index is 754. The largest absolute Gasteiger partial charge is 0.493 e. The Hall–Kier alpha value is -2.90. The first-order valence-corrected chi connectivity index (χ1v) is 6.51. The lowest BCUT2D eigenvalue weighted by atomic mass is 10.1. The molecule has 1 aromatic heterocycles. The lowest BCUT2D eigenvalue weighted by Gasteiger charge is -2.09. The first-order chi connectivity index (χ1) is 10.5. The van der Waals surface area contributed by atoms with Crippen LogP contribution in [0.3, 0.4) is 0 Å². The minimum absolute atomic E-state index is 0.176. The van der Waals surface area contributed by atoms with Crippen molar-refractivity contribution in [3.8, 4) is 11.5 Å². The summed E-state index contributed by atoms with van der Waals surface area (Å²) in [5.74, 6) is 1.43. The number of nitrogens with zero attached hydrogens (tertiary/aromatic N) is 3. The third-order valence-corrected chi connectivity index (χ3v) is 2.99. The first-order valence-electron chi connectivity index (χ1n) is 6.51. The van der Waals surface area contributed by atoms with Crippen LogP contribution in [0.25, 0.3) is 0 Å². The summed E-state index contributed by atoms with van der Waals surface area (Å²) in [6, 6.07) is 5.45. The molecule has 0 aliphatic heterocycles. The predicted molar refractivity (Wildman–Crippen MR) is 82.8 cm³/mol. The van der Waals surface area contributed by atoms with Crippen LogP contribution in [-0.4, -0.2) is 35.1 Å². The molecule has 2 rings (SSSR count). The van der Waals surface area contributed by atoms with Gasteiger partial charge in [-0.25, -0.2) is 5.43 Å². The molecule has 2 N–H and O–H groups in total. The summed E-state index contributed by atoms with van der Waals surface area (Å²) in [5, 5.41) is 11.7. The van der Waals surface area contributed by atoms with Crippen LogP contribution in [0.15, 0.2) is 28.1 Å². The maximum atomic E-state index is 11.4. The molecular formula is C14H17N5O3. The summed E-state index contributed by atoms with van der Waals surface area (Å²) in [6.07, 6.45) is 0. The number of aryl methyl sites for hydroxylation is 1. The van der Waals surface area contributed by atoms with Gasteiger partial charge in [-0.2, -0.15) is 5.10 Å². The van der Waals surface area contributed by atoms with E-state index in [4.69, 9.17) is 9.47 Å². The molecule has 0 amide bonds. The zero-order valence-corrected chi connectivity index (χ0v) is 12.8. The number of anilines is 1. The Kier molecular flexibility index (Phi) is 4.72. The Morgan fingerprint density at radius 1 is 1.23 bits per heavy atom. The SMILES string of the molecule is COc1ccc(/C(C)=N/Nc2nnc(C)c(=O)[nH]2)cc1OC. The van der Waals surface area contributed by atoms with Gasteiger partial charge in [-0.1, -0.05) is 0 Å². The van der Waals surface area contributed by atoms with Crippen molar-refractivity contribution in [3.63, 3.8) is 0 Å². The number of nitrogens with one attached hydrogen (secondary N) is 2. The van der Waals surface area contributed by atoms with Crippen LogP contribution in [0.1, 0.15) is 18.2 Å². The third-order valence-electron chi connectivity index (χ3n) is 2.99. The van der Waals surface area contributed by atoms with Crippen molar-refractivity contribution < 1.29 is 9.47 Å². The van der Waals surface area contributed by atoms with E-state index in [2.05, 4.69) is 25.7 Å². The van der Waals surface area contributed by atoms with Crippen molar-refractivity contribution in [1.82, 2.24) is 15.2 Å². The van der Waals surface area contributed by atoms with Gasteiger partial charge in [-0.3, -0.25) is 9.78 Å². The average molecular weight is 303 g/mol. The van der Waals surface area contributed by atoms with Crippen LogP contribution in [0.2, 0.25) is 0 Å². The fourth-order valence-electron chi connectivity index (χ4n) is 1.71. The molecule has 0 atom stereocenters. The van der Waals surface area contributed by atoms with E-state index < -0.39 is 0 Å². The molecule has 0 aliphatic carbocycles. The highest BCUT2D eigenvalue weighted by Crippen LogP contribution is 2.27. The monoisotopic (exact) mass is 303 g/mol. The van der Waals surface area contributed by atoms with Gasteiger partial charge >= 0.3 is 0 Å². The number of hydrogen-bond acceptors (Lipinski definition) is 7. The Labute approximate surface area is 127 Å². The molecule has 8 nitrogen and oxygen atoms in total. The summed E-state index contributed by atoms with van der Waals surface area (Å²) < 4.78 is 10.4. The molecule has 0 radical (unpaired) electrons. The quantitative estimate of drug-likeness (QED) is 0.638. The predicted octanol–water partition coefficient (Wildman–Crippen LogP) is 1.33. The van der Waals surface area contributed by atoms with Gasteiger partial charge in [0.1, 0.15) is 5.69 Å². The summed E-state index contributed by atoms with van der Waals surface area (Å²) in [4.78, 5) is 14.0. The lowest BCUT2D eigenvalue weighted by molar-refractivity contribution is 0.355. The van der Waals surface area contributed by atoms with E-state index in [-0.39, 0.29) is 11.5 Å². The Morgan fingerprint density at radius 3 is 2.59 bits per heavy atom. The van der Waals surface area contributed by atoms with Crippen molar-refractivity contribution in [2.24, 2.45) is 5.10 Å². The normalized spacial score (nSPS) is 11.2. The molecule has 8 heteroatoms. The number of aromatic amines is 1. The maximum Gasteiger partial charge on any atom is 0.274 e. The van der Waals surface area contributed by atoms with E-state index in [1.165, 1.54) is 0 Å². The van der Waals surface area contributed by atoms with Gasteiger partial charge in [0.05, 0.1) is 19.9 Å². The summed E-state index contributed by atoms with van der Waals surface area (Å²) in [7, 11) is 3.14. The van der Waals surface area contributed by atoms with E-state index in [1.54, 1.807) is 27.2 Å². The van der Waals surface area contributed by atoms with Gasteiger partial charge in [0.15, 0.2) is 11.5 Å². The van der Waals surface area contributed by atoms with E-state index >= 15 is 0 Å². The lowest BCUT2D eigenvalue weighted by Crippen LogP contribution is -2.16. The number of hydrogen-bond donors (Lipinski definition) is 2. The molecule has 0 saturated carbocycles. The second kappa shape index (κ2) is 6.70. The molecule has 1 heterocycles. The van der Waals surface area contributed by atoms with Gasteiger partial charge in [-0.05, 0) is 32.0 Å². The molecule has 0 aliphatic rings. The molecule has 0 fully saturated rings. The van der Waals surface area contributed by atoms with E-state index in [1.807, 2.05) is 19.1 Å². The fourth-order valence-corrected chi connectivity index (χ4v) is 1.71. The number of H-pyrrole nitrogens is 1. The minimum Gasteiger partial charge on any atom is -0.493 e. The third kappa shape index (κ3) is 3.40. The number of aromatic nitrogens is 3. The highest BCUT2D eigenvalue weighted by atomic mass is 16.5. The molecule has 0 bridgehead atoms. The number of benzene rings is 1. The zero-order valence-electron chi connectivity index (χ0n) is 12.8. The van der Waals surface area contributed by atoms with Crippen LogP contribution in [-0.2, 0) is 0 Å². The second-order valence-corrected chi connectivity index (χ2v) is 4.47. The molecule has 0 saturated heterocycles. The van der Waals surface area contributed by atoms with Crippen molar-refractivity contribution in [2.75, 3.05) is 19.6 Å². The standard InChI is InChI=1S/C14H17N5O3/c1-8(10-5-6-11(21-3)12(7-10)22-4)16-18-14-15-13(20)9(2)17-19-14/h5-7H,1-4H3,(H2,15,18,19,20)/b16-8+. The van der Waals surface area contributed by atoms with Gasteiger partial charge in [0, 0.05) is 5.56 Å². The highest BCUT2D eigenvalue weighted by Gasteiger charge is 2.06. The van der Waals surface area contributed by atoms with Gasteiger partial charge in [-0.15, -0.1) is 10.2 Å². The fraction of sp³-hybridized carbons (Fsp3) is 0.286. The average Bonchev–Trinajstić information content (AvgIpc) is 2.54. The molecule has 1 aromatic carbocycles. The molecule has 22 heavy (non-hydrogen) atoms. The van der Waals surface area contributed by atoms with Crippen LogP contribution in [0.4, 0.5) is 5.95 Å². The molecule has 2 aromatic rings. The molecule has 0 unspecified atom stereocenters. The Balaban J connectivity index is 2.21. The number of rotatable bonds is 5. The summed E-state index contributed by atoms with van der Waals surface area (Å²) in [5.41, 5.74) is 4.18. The van der Waals surface area contributed by atoms with Crippen LogP contribution in [0.5, 0.6) is 11.5 Å². The summed E-state index contributed by atoms with van der Waals surface area (Å²) in [6.45, 7) is 3.39. The highest BCUT2D eigenvalue weighted by molar-refractivity contribution is 5.99. The topological polar surface area (TPSA) is 101 Å².